The van der Waals surface area contributed by atoms with Gasteiger partial charge in [0.05, 0.1) is 5.69 Å². The maximum Gasteiger partial charge on any atom is 0.319 e. The lowest BCUT2D eigenvalue weighted by atomic mass is 10.00. The largest absolute Gasteiger partial charge is 0.366 e. The number of amides is 2. The summed E-state index contributed by atoms with van der Waals surface area (Å²) in [4.78, 5) is 17.1. The van der Waals surface area contributed by atoms with Crippen LogP contribution in [0.3, 0.4) is 0 Å². The summed E-state index contributed by atoms with van der Waals surface area (Å²) in [6.07, 6.45) is 1.59. The molecule has 182 valence electrons. The van der Waals surface area contributed by atoms with Crippen molar-refractivity contribution in [2.45, 2.75) is 20.0 Å². The van der Waals surface area contributed by atoms with E-state index in [9.17, 15) is 9.18 Å². The lowest BCUT2D eigenvalue weighted by molar-refractivity contribution is 0.251. The van der Waals surface area contributed by atoms with Gasteiger partial charge >= 0.3 is 6.03 Å². The smallest absolute Gasteiger partial charge is 0.319 e. The SMILES string of the molecule is [B]c1cnn2c(NCc3cccc(NC(=O)NCc4cccc(F)c4)c3)cc(-c3ccccc3C)nc12. The average Bonchev–Trinajstić information content (AvgIpc) is 3.27. The number of fused-ring (bicyclic) bond motifs is 1. The predicted molar refractivity (Wildman–Crippen MR) is 145 cm³/mol. The molecule has 0 saturated carbocycles. The van der Waals surface area contributed by atoms with Gasteiger partial charge in [-0.1, -0.05) is 48.5 Å². The van der Waals surface area contributed by atoms with Crippen molar-refractivity contribution in [1.82, 2.24) is 19.9 Å². The number of hydrogen-bond acceptors (Lipinski definition) is 4. The highest BCUT2D eigenvalue weighted by Crippen LogP contribution is 2.25. The molecular weight excluding hydrogens is 466 g/mol. The molecule has 0 unspecified atom stereocenters. The number of anilines is 2. The second-order valence-corrected chi connectivity index (χ2v) is 8.67. The average molecular weight is 490 g/mol. The lowest BCUT2D eigenvalue weighted by Crippen LogP contribution is -2.28. The summed E-state index contributed by atoms with van der Waals surface area (Å²) in [5.41, 5.74) is 6.27. The van der Waals surface area contributed by atoms with Crippen molar-refractivity contribution < 1.29 is 9.18 Å². The van der Waals surface area contributed by atoms with E-state index in [0.717, 1.165) is 28.2 Å². The van der Waals surface area contributed by atoms with Crippen molar-refractivity contribution in [3.05, 3.63) is 108 Å². The molecule has 0 aliphatic rings. The van der Waals surface area contributed by atoms with Crippen LogP contribution in [-0.4, -0.2) is 28.5 Å². The van der Waals surface area contributed by atoms with Crippen molar-refractivity contribution in [2.75, 3.05) is 10.6 Å². The molecule has 0 atom stereocenters. The summed E-state index contributed by atoms with van der Waals surface area (Å²) in [5, 5.41) is 13.4. The van der Waals surface area contributed by atoms with E-state index in [1.807, 2.05) is 55.5 Å². The van der Waals surface area contributed by atoms with Crippen molar-refractivity contribution in [1.29, 1.82) is 0 Å². The van der Waals surface area contributed by atoms with E-state index in [-0.39, 0.29) is 18.4 Å². The van der Waals surface area contributed by atoms with Gasteiger partial charge in [-0.25, -0.2) is 14.2 Å². The molecule has 7 nitrogen and oxygen atoms in total. The first-order valence-corrected chi connectivity index (χ1v) is 11.8. The molecule has 5 rings (SSSR count). The molecule has 3 aromatic carbocycles. The third-order valence-corrected chi connectivity index (χ3v) is 5.92. The number of halogens is 1. The number of aryl methyl sites for hydroxylation is 1. The molecule has 0 bridgehead atoms. The van der Waals surface area contributed by atoms with E-state index in [2.05, 4.69) is 21.0 Å². The highest BCUT2D eigenvalue weighted by Gasteiger charge is 2.12. The van der Waals surface area contributed by atoms with E-state index in [4.69, 9.17) is 12.8 Å². The van der Waals surface area contributed by atoms with Crippen molar-refractivity contribution in [3.8, 4) is 11.3 Å². The minimum absolute atomic E-state index is 0.221. The third-order valence-electron chi connectivity index (χ3n) is 5.92. The van der Waals surface area contributed by atoms with E-state index in [1.54, 1.807) is 28.9 Å². The van der Waals surface area contributed by atoms with Crippen LogP contribution in [0.4, 0.5) is 20.7 Å². The van der Waals surface area contributed by atoms with E-state index in [0.29, 0.717) is 28.9 Å². The number of nitrogens with zero attached hydrogens (tertiary/aromatic N) is 3. The second-order valence-electron chi connectivity index (χ2n) is 8.67. The third kappa shape index (κ3) is 5.61. The Hall–Kier alpha value is -4.66. The van der Waals surface area contributed by atoms with Gasteiger partial charge in [0.2, 0.25) is 0 Å². The molecule has 0 spiro atoms. The number of benzene rings is 3. The summed E-state index contributed by atoms with van der Waals surface area (Å²) in [6.45, 7) is 2.74. The number of carbonyl (C=O) groups excluding carboxylic acids is 1. The van der Waals surface area contributed by atoms with Gasteiger partial charge in [0.15, 0.2) is 5.65 Å². The summed E-state index contributed by atoms with van der Waals surface area (Å²) in [5.74, 6) is 0.404. The van der Waals surface area contributed by atoms with Crippen LogP contribution in [0.25, 0.3) is 16.9 Å². The van der Waals surface area contributed by atoms with Crippen molar-refractivity contribution in [2.24, 2.45) is 0 Å². The predicted octanol–water partition coefficient (Wildman–Crippen LogP) is 4.57. The number of urea groups is 1. The molecule has 0 aliphatic carbocycles. The molecule has 9 heteroatoms. The Morgan fingerprint density at radius 1 is 0.973 bits per heavy atom. The van der Waals surface area contributed by atoms with E-state index >= 15 is 0 Å². The van der Waals surface area contributed by atoms with Gasteiger partial charge in [-0.3, -0.25) is 0 Å². The first-order chi connectivity index (χ1) is 18.0. The quantitative estimate of drug-likeness (QED) is 0.292. The van der Waals surface area contributed by atoms with Gasteiger partial charge in [0, 0.05) is 36.6 Å². The molecule has 0 aliphatic heterocycles. The number of carbonyl (C=O) groups is 1. The molecule has 2 heterocycles. The van der Waals surface area contributed by atoms with E-state index < -0.39 is 0 Å². The second kappa shape index (κ2) is 10.5. The fourth-order valence-electron chi connectivity index (χ4n) is 4.06. The van der Waals surface area contributed by atoms with Gasteiger partial charge in [-0.2, -0.15) is 9.61 Å². The van der Waals surface area contributed by atoms with Crippen LogP contribution in [0.2, 0.25) is 0 Å². The molecule has 2 aromatic heterocycles. The van der Waals surface area contributed by atoms with Crippen LogP contribution in [0, 0.1) is 12.7 Å². The molecule has 37 heavy (non-hydrogen) atoms. The van der Waals surface area contributed by atoms with Crippen LogP contribution in [-0.2, 0) is 13.1 Å². The maximum atomic E-state index is 13.3. The Morgan fingerprint density at radius 2 is 1.76 bits per heavy atom. The normalized spacial score (nSPS) is 10.9. The van der Waals surface area contributed by atoms with Crippen molar-refractivity contribution >= 4 is 36.5 Å². The minimum Gasteiger partial charge on any atom is -0.366 e. The zero-order valence-electron chi connectivity index (χ0n) is 20.2. The molecule has 5 aromatic rings. The van der Waals surface area contributed by atoms with Crippen molar-refractivity contribution in [3.63, 3.8) is 0 Å². The molecule has 3 N–H and O–H groups in total. The van der Waals surface area contributed by atoms with Crippen LogP contribution in [0.15, 0.2) is 85.1 Å². The fourth-order valence-corrected chi connectivity index (χ4v) is 4.06. The zero-order valence-corrected chi connectivity index (χ0v) is 20.2. The summed E-state index contributed by atoms with van der Waals surface area (Å²) >= 11 is 0. The molecular formula is C28H24BFN6O. The Balaban J connectivity index is 1.29. The lowest BCUT2D eigenvalue weighted by Gasteiger charge is -2.13. The molecule has 0 saturated heterocycles. The highest BCUT2D eigenvalue weighted by atomic mass is 19.1. The first kappa shape index (κ1) is 24.1. The topological polar surface area (TPSA) is 83.3 Å². The molecule has 2 amide bonds. The Morgan fingerprint density at radius 3 is 2.57 bits per heavy atom. The first-order valence-electron chi connectivity index (χ1n) is 11.8. The fraction of sp³-hybridized carbons (Fsp3) is 0.107. The Labute approximate surface area is 215 Å². The number of nitrogens with one attached hydrogen (secondary N) is 3. The van der Waals surface area contributed by atoms with Crippen LogP contribution < -0.4 is 21.4 Å². The summed E-state index contributed by atoms with van der Waals surface area (Å²) in [6, 6.07) is 23.2. The van der Waals surface area contributed by atoms with Gasteiger partial charge < -0.3 is 16.0 Å². The summed E-state index contributed by atoms with van der Waals surface area (Å²) < 4.78 is 15.0. The Kier molecular flexibility index (Phi) is 6.85. The zero-order chi connectivity index (χ0) is 25.8. The Bertz CT molecular complexity index is 1580. The van der Waals surface area contributed by atoms with Crippen LogP contribution in [0.5, 0.6) is 0 Å². The maximum absolute atomic E-state index is 13.3. The number of rotatable bonds is 7. The summed E-state index contributed by atoms with van der Waals surface area (Å²) in [7, 11) is 6.13. The van der Waals surface area contributed by atoms with Crippen LogP contribution >= 0.6 is 0 Å². The highest BCUT2D eigenvalue weighted by molar-refractivity contribution is 6.36. The van der Waals surface area contributed by atoms with E-state index in [1.165, 1.54) is 12.1 Å². The number of hydrogen-bond donors (Lipinski definition) is 3. The van der Waals surface area contributed by atoms with Crippen LogP contribution in [0.1, 0.15) is 16.7 Å². The number of aromatic nitrogens is 3. The molecule has 2 radical (unpaired) electrons. The minimum atomic E-state index is -0.375. The van der Waals surface area contributed by atoms with Gasteiger partial charge in [-0.15, -0.1) is 0 Å². The van der Waals surface area contributed by atoms with Gasteiger partial charge in [0.1, 0.15) is 19.5 Å². The molecule has 0 fully saturated rings. The monoisotopic (exact) mass is 490 g/mol. The van der Waals surface area contributed by atoms with Gasteiger partial charge in [-0.05, 0) is 53.3 Å². The standard InChI is InChI=1S/C28H24BFN6O/c1-18-6-2-3-11-23(18)25-14-26(36-27(35-25)24(29)17-33-36)31-15-20-8-5-10-22(13-20)34-28(37)32-16-19-7-4-9-21(30)12-19/h2-14,17,31H,15-16H2,1H3,(H2,32,34,37). The van der Waals surface area contributed by atoms with Gasteiger partial charge in [0.25, 0.3) is 0 Å².